The number of anilines is 2. The predicted molar refractivity (Wildman–Crippen MR) is 125 cm³/mol. The number of hydrogen-bond acceptors (Lipinski definition) is 6. The fraction of sp³-hybridized carbons (Fsp3) is 0.0800. The lowest BCUT2D eigenvalue weighted by atomic mass is 10.0. The van der Waals surface area contributed by atoms with E-state index in [1.165, 1.54) is 11.3 Å². The lowest BCUT2D eigenvalue weighted by Gasteiger charge is -2.16. The Morgan fingerprint density at radius 1 is 0.710 bits per heavy atom. The molecule has 31 heavy (non-hydrogen) atoms. The summed E-state index contributed by atoms with van der Waals surface area (Å²) < 4.78 is 0. The standard InChI is InChI=1S/C25H19N5S/c26-14-20-23(22-12-7-13-31-22)21(15-27)25(29-17-19-10-5-2-6-11-19)30-24(20)28-16-18-8-3-1-4-9-18/h1-13H,16-17H2,(H2,28,29,30). The zero-order chi connectivity index (χ0) is 21.5. The van der Waals surface area contributed by atoms with Crippen LogP contribution in [-0.4, -0.2) is 4.98 Å². The minimum Gasteiger partial charge on any atom is -0.365 e. The smallest absolute Gasteiger partial charge is 0.147 e. The number of benzene rings is 2. The number of hydrogen-bond donors (Lipinski definition) is 2. The Balaban J connectivity index is 1.77. The van der Waals surface area contributed by atoms with Gasteiger partial charge in [0.2, 0.25) is 0 Å². The maximum atomic E-state index is 9.96. The van der Waals surface area contributed by atoms with Crippen molar-refractivity contribution in [2.75, 3.05) is 10.6 Å². The first kappa shape index (κ1) is 20.2. The second-order valence-corrected chi connectivity index (χ2v) is 7.76. The van der Waals surface area contributed by atoms with E-state index < -0.39 is 0 Å². The van der Waals surface area contributed by atoms with Crippen LogP contribution in [0, 0.1) is 22.7 Å². The topological polar surface area (TPSA) is 84.5 Å². The van der Waals surface area contributed by atoms with Gasteiger partial charge in [0.1, 0.15) is 34.9 Å². The van der Waals surface area contributed by atoms with Gasteiger partial charge in [-0.05, 0) is 22.6 Å². The fourth-order valence-corrected chi connectivity index (χ4v) is 4.07. The van der Waals surface area contributed by atoms with Gasteiger partial charge in [0.15, 0.2) is 0 Å². The van der Waals surface area contributed by atoms with E-state index >= 15 is 0 Å². The summed E-state index contributed by atoms with van der Waals surface area (Å²) in [6.45, 7) is 1.05. The fourth-order valence-electron chi connectivity index (χ4n) is 3.29. The Kier molecular flexibility index (Phi) is 6.23. The van der Waals surface area contributed by atoms with Gasteiger partial charge in [0, 0.05) is 23.5 Å². The van der Waals surface area contributed by atoms with Gasteiger partial charge < -0.3 is 10.6 Å². The Bertz CT molecular complexity index is 1160. The van der Waals surface area contributed by atoms with Crippen molar-refractivity contribution in [3.63, 3.8) is 0 Å². The van der Waals surface area contributed by atoms with Crippen molar-refractivity contribution in [1.82, 2.24) is 4.98 Å². The van der Waals surface area contributed by atoms with Crippen LogP contribution < -0.4 is 10.6 Å². The molecular formula is C25H19N5S. The Hall–Kier alpha value is -4.13. The molecule has 150 valence electrons. The average Bonchev–Trinajstić information content (AvgIpc) is 3.36. The first-order valence-corrected chi connectivity index (χ1v) is 10.7. The molecule has 0 amide bonds. The number of nitrogens with one attached hydrogen (secondary N) is 2. The third-order valence-corrected chi connectivity index (χ3v) is 5.68. The van der Waals surface area contributed by atoms with Gasteiger partial charge >= 0.3 is 0 Å². The summed E-state index contributed by atoms with van der Waals surface area (Å²) in [6, 6.07) is 28.2. The van der Waals surface area contributed by atoms with Crippen LogP contribution in [0.2, 0.25) is 0 Å². The minimum atomic E-state index is 0.375. The molecule has 0 saturated carbocycles. The molecular weight excluding hydrogens is 402 g/mol. The summed E-state index contributed by atoms with van der Waals surface area (Å²) in [7, 11) is 0. The number of nitrogens with zero attached hydrogens (tertiary/aromatic N) is 3. The molecule has 0 spiro atoms. The summed E-state index contributed by atoms with van der Waals surface area (Å²) in [5.74, 6) is 0.925. The van der Waals surface area contributed by atoms with E-state index in [-0.39, 0.29) is 0 Å². The third kappa shape index (κ3) is 4.56. The first-order chi connectivity index (χ1) is 15.3. The summed E-state index contributed by atoms with van der Waals surface area (Å²) in [6.07, 6.45) is 0. The molecule has 0 radical (unpaired) electrons. The van der Waals surface area contributed by atoms with E-state index in [2.05, 4.69) is 27.8 Å². The summed E-state index contributed by atoms with van der Waals surface area (Å²) in [5.41, 5.74) is 3.52. The molecule has 2 heterocycles. The van der Waals surface area contributed by atoms with E-state index in [0.717, 1.165) is 16.0 Å². The molecule has 5 nitrogen and oxygen atoms in total. The maximum Gasteiger partial charge on any atom is 0.147 e. The molecule has 0 aliphatic rings. The van der Waals surface area contributed by atoms with Crippen LogP contribution in [-0.2, 0) is 13.1 Å². The third-order valence-electron chi connectivity index (χ3n) is 4.79. The SMILES string of the molecule is N#Cc1c(NCc2ccccc2)nc(NCc2ccccc2)c(C#N)c1-c1cccs1. The van der Waals surface area contributed by atoms with Gasteiger partial charge in [-0.3, -0.25) is 0 Å². The number of pyridine rings is 1. The van der Waals surface area contributed by atoms with Crippen LogP contribution in [0.3, 0.4) is 0 Å². The van der Waals surface area contributed by atoms with Crippen LogP contribution in [0.15, 0.2) is 78.2 Å². The molecule has 0 saturated heterocycles. The van der Waals surface area contributed by atoms with Crippen molar-refractivity contribution in [3.05, 3.63) is 100 Å². The van der Waals surface area contributed by atoms with Crippen LogP contribution in [0.5, 0.6) is 0 Å². The quantitative estimate of drug-likeness (QED) is 0.395. The molecule has 0 atom stereocenters. The zero-order valence-electron chi connectivity index (χ0n) is 16.7. The van der Waals surface area contributed by atoms with Gasteiger partial charge in [-0.1, -0.05) is 66.7 Å². The van der Waals surface area contributed by atoms with Crippen molar-refractivity contribution in [1.29, 1.82) is 10.5 Å². The Labute approximate surface area is 185 Å². The first-order valence-electron chi connectivity index (χ1n) is 9.78. The highest BCUT2D eigenvalue weighted by atomic mass is 32.1. The molecule has 0 aliphatic carbocycles. The molecule has 0 aliphatic heterocycles. The summed E-state index contributed by atoms with van der Waals surface area (Å²) in [4.78, 5) is 5.51. The van der Waals surface area contributed by atoms with Crippen LogP contribution in [0.25, 0.3) is 10.4 Å². The monoisotopic (exact) mass is 421 g/mol. The van der Waals surface area contributed by atoms with E-state index in [4.69, 9.17) is 0 Å². The lowest BCUT2D eigenvalue weighted by Crippen LogP contribution is -2.10. The highest BCUT2D eigenvalue weighted by Gasteiger charge is 2.22. The lowest BCUT2D eigenvalue weighted by molar-refractivity contribution is 1.07. The molecule has 4 aromatic rings. The molecule has 2 aromatic carbocycles. The maximum absolute atomic E-state index is 9.96. The number of thiophene rings is 1. The number of nitriles is 2. The highest BCUT2D eigenvalue weighted by molar-refractivity contribution is 7.13. The van der Waals surface area contributed by atoms with Crippen molar-refractivity contribution in [3.8, 4) is 22.6 Å². The van der Waals surface area contributed by atoms with E-state index in [1.807, 2.05) is 78.2 Å². The molecule has 0 fully saturated rings. The van der Waals surface area contributed by atoms with Gasteiger partial charge in [-0.2, -0.15) is 10.5 Å². The van der Waals surface area contributed by atoms with Crippen molar-refractivity contribution in [2.24, 2.45) is 0 Å². The molecule has 4 rings (SSSR count). The van der Waals surface area contributed by atoms with E-state index in [1.54, 1.807) is 0 Å². The Morgan fingerprint density at radius 2 is 1.23 bits per heavy atom. The average molecular weight is 422 g/mol. The Morgan fingerprint density at radius 3 is 1.65 bits per heavy atom. The van der Waals surface area contributed by atoms with E-state index in [9.17, 15) is 10.5 Å². The minimum absolute atomic E-state index is 0.375. The second-order valence-electron chi connectivity index (χ2n) is 6.81. The van der Waals surface area contributed by atoms with Gasteiger partial charge in [0.05, 0.1) is 0 Å². The molecule has 0 unspecified atom stereocenters. The van der Waals surface area contributed by atoms with Crippen LogP contribution in [0.1, 0.15) is 22.3 Å². The summed E-state index contributed by atoms with van der Waals surface area (Å²) >= 11 is 1.50. The van der Waals surface area contributed by atoms with Crippen LogP contribution in [0.4, 0.5) is 11.6 Å². The molecule has 0 bridgehead atoms. The summed E-state index contributed by atoms with van der Waals surface area (Å²) in [5, 5.41) is 28.4. The second kappa shape index (κ2) is 9.58. The van der Waals surface area contributed by atoms with Gasteiger partial charge in [0.25, 0.3) is 0 Å². The molecule has 2 N–H and O–H groups in total. The van der Waals surface area contributed by atoms with Crippen LogP contribution >= 0.6 is 11.3 Å². The zero-order valence-corrected chi connectivity index (χ0v) is 17.5. The predicted octanol–water partition coefficient (Wildman–Crippen LogP) is 5.78. The normalized spacial score (nSPS) is 10.1. The number of aromatic nitrogens is 1. The largest absolute Gasteiger partial charge is 0.365 e. The molecule has 6 heteroatoms. The van der Waals surface area contributed by atoms with Gasteiger partial charge in [-0.25, -0.2) is 4.98 Å². The van der Waals surface area contributed by atoms with Gasteiger partial charge in [-0.15, -0.1) is 11.3 Å². The van der Waals surface area contributed by atoms with Crippen molar-refractivity contribution < 1.29 is 0 Å². The molecule has 2 aromatic heterocycles. The van der Waals surface area contributed by atoms with Crippen molar-refractivity contribution >= 4 is 23.0 Å². The highest BCUT2D eigenvalue weighted by Crippen LogP contribution is 2.37. The van der Waals surface area contributed by atoms with Crippen molar-refractivity contribution in [2.45, 2.75) is 13.1 Å². The van der Waals surface area contributed by atoms with E-state index in [0.29, 0.717) is 41.4 Å². The number of rotatable bonds is 7.